The first-order chi connectivity index (χ1) is 19.5. The van der Waals surface area contributed by atoms with Gasteiger partial charge in [0, 0.05) is 12.3 Å². The van der Waals surface area contributed by atoms with E-state index in [1.165, 1.54) is 38.5 Å². The van der Waals surface area contributed by atoms with E-state index in [-0.39, 0.29) is 17.3 Å². The van der Waals surface area contributed by atoms with Crippen molar-refractivity contribution in [1.29, 1.82) is 0 Å². The van der Waals surface area contributed by atoms with E-state index in [0.717, 1.165) is 50.0 Å². The van der Waals surface area contributed by atoms with Gasteiger partial charge in [0.1, 0.15) is 24.4 Å². The van der Waals surface area contributed by atoms with Gasteiger partial charge < -0.3 is 39.4 Å². The quantitative estimate of drug-likeness (QED) is 0.375. The normalized spacial score (nSPS) is 60.3. The number of ether oxygens (including phenoxy) is 4. The summed E-state index contributed by atoms with van der Waals surface area (Å²) in [6, 6.07) is 0. The molecule has 7 rings (SSSR count). The summed E-state index contributed by atoms with van der Waals surface area (Å²) in [4.78, 5) is 0. The average Bonchev–Trinajstić information content (AvgIpc) is 3.40. The molecule has 7 aliphatic rings. The summed E-state index contributed by atoms with van der Waals surface area (Å²) < 4.78 is 25.4. The summed E-state index contributed by atoms with van der Waals surface area (Å²) in [7, 11) is 0. The van der Waals surface area contributed by atoms with Gasteiger partial charge in [0.25, 0.3) is 0 Å². The standard InChI is InChI=1S/C33H54O8/c1-17-7-12-33(38-16-17)18(2)26-24(41-33)14-23-21-6-5-19-13-20(8-10-31(19,3)22(21)9-11-32(23,26)4)39-30-29(37)28(36)27(35)25(15-34)40-30/h17-30,34-37H,5-16H2,1-4H3/t17-,18-,19+,20-,21+,22-,23-,24?,25+,26-,27-,28-,29+,30+,31-,32-,33+/m0/s1. The van der Waals surface area contributed by atoms with E-state index >= 15 is 0 Å². The molecule has 1 unspecified atom stereocenters. The number of aliphatic hydroxyl groups excluding tert-OH is 4. The minimum absolute atomic E-state index is 0.0607. The molecule has 7 fully saturated rings. The van der Waals surface area contributed by atoms with Crippen molar-refractivity contribution < 1.29 is 39.4 Å². The van der Waals surface area contributed by atoms with Gasteiger partial charge in [-0.05, 0) is 104 Å². The molecule has 8 nitrogen and oxygen atoms in total. The van der Waals surface area contributed by atoms with Crippen molar-refractivity contribution in [2.75, 3.05) is 13.2 Å². The second-order valence-electron chi connectivity index (χ2n) is 15.9. The summed E-state index contributed by atoms with van der Waals surface area (Å²) >= 11 is 0. The third-order valence-corrected chi connectivity index (χ3v) is 14.1. The fraction of sp³-hybridized carbons (Fsp3) is 1.00. The Balaban J connectivity index is 1.03. The van der Waals surface area contributed by atoms with Gasteiger partial charge in [-0.3, -0.25) is 0 Å². The largest absolute Gasteiger partial charge is 0.394 e. The first-order valence-corrected chi connectivity index (χ1v) is 16.8. The van der Waals surface area contributed by atoms with Gasteiger partial charge in [-0.2, -0.15) is 0 Å². The molecule has 0 bridgehead atoms. The zero-order valence-corrected chi connectivity index (χ0v) is 25.5. The monoisotopic (exact) mass is 578 g/mol. The molecule has 4 aliphatic carbocycles. The van der Waals surface area contributed by atoms with E-state index in [4.69, 9.17) is 18.9 Å². The van der Waals surface area contributed by atoms with Crippen molar-refractivity contribution in [3.8, 4) is 0 Å². The molecule has 4 N–H and O–H groups in total. The van der Waals surface area contributed by atoms with Crippen LogP contribution in [-0.2, 0) is 18.9 Å². The zero-order valence-electron chi connectivity index (χ0n) is 25.5. The fourth-order valence-electron chi connectivity index (χ4n) is 11.7. The predicted octanol–water partition coefficient (Wildman–Crippen LogP) is 3.62. The summed E-state index contributed by atoms with van der Waals surface area (Å²) in [6.07, 6.45) is 5.64. The number of hydrogen-bond donors (Lipinski definition) is 4. The minimum atomic E-state index is -1.40. The first-order valence-electron chi connectivity index (χ1n) is 16.8. The number of hydrogen-bond acceptors (Lipinski definition) is 8. The van der Waals surface area contributed by atoms with Gasteiger partial charge >= 0.3 is 0 Å². The van der Waals surface area contributed by atoms with Crippen molar-refractivity contribution in [2.24, 2.45) is 52.3 Å². The molecule has 3 aliphatic heterocycles. The van der Waals surface area contributed by atoms with Gasteiger partial charge in [-0.15, -0.1) is 0 Å². The zero-order chi connectivity index (χ0) is 28.9. The van der Waals surface area contributed by atoms with E-state index in [0.29, 0.717) is 35.2 Å². The average molecular weight is 579 g/mol. The van der Waals surface area contributed by atoms with Crippen LogP contribution in [0.15, 0.2) is 0 Å². The molecule has 234 valence electrons. The predicted molar refractivity (Wildman–Crippen MR) is 150 cm³/mol. The van der Waals surface area contributed by atoms with E-state index < -0.39 is 37.3 Å². The van der Waals surface area contributed by atoms with Gasteiger partial charge in [0.2, 0.25) is 0 Å². The molecule has 0 aromatic carbocycles. The summed E-state index contributed by atoms with van der Waals surface area (Å²) in [5.41, 5.74) is 0.612. The number of rotatable bonds is 3. The van der Waals surface area contributed by atoms with Crippen LogP contribution in [0.1, 0.15) is 91.9 Å². The number of aliphatic hydroxyl groups is 4. The maximum atomic E-state index is 10.5. The third-order valence-electron chi connectivity index (χ3n) is 14.1. The Labute approximate surface area is 245 Å². The summed E-state index contributed by atoms with van der Waals surface area (Å²) in [6.45, 7) is 10.3. The highest BCUT2D eigenvalue weighted by Crippen LogP contribution is 2.71. The Bertz CT molecular complexity index is 967. The Morgan fingerprint density at radius 1 is 0.829 bits per heavy atom. The Hall–Kier alpha value is -0.320. The Morgan fingerprint density at radius 3 is 2.34 bits per heavy atom. The third kappa shape index (κ3) is 4.36. The molecule has 1 spiro atoms. The van der Waals surface area contributed by atoms with Crippen LogP contribution in [0.5, 0.6) is 0 Å². The molecule has 8 heteroatoms. The van der Waals surface area contributed by atoms with Crippen molar-refractivity contribution in [2.45, 2.75) is 141 Å². The molecule has 0 amide bonds. The van der Waals surface area contributed by atoms with Crippen molar-refractivity contribution >= 4 is 0 Å². The maximum absolute atomic E-state index is 10.5. The van der Waals surface area contributed by atoms with Gasteiger partial charge in [0.05, 0.1) is 25.4 Å². The Kier molecular flexibility index (Phi) is 7.43. The van der Waals surface area contributed by atoms with Crippen LogP contribution >= 0.6 is 0 Å². The molecule has 41 heavy (non-hydrogen) atoms. The maximum Gasteiger partial charge on any atom is 0.186 e. The highest BCUT2D eigenvalue weighted by molar-refractivity contribution is 5.15. The van der Waals surface area contributed by atoms with Gasteiger partial charge in [0.15, 0.2) is 12.1 Å². The van der Waals surface area contributed by atoms with E-state index in [1.54, 1.807) is 0 Å². The van der Waals surface area contributed by atoms with Gasteiger partial charge in [-0.1, -0.05) is 27.7 Å². The lowest BCUT2D eigenvalue weighted by molar-refractivity contribution is -0.316. The summed E-state index contributed by atoms with van der Waals surface area (Å²) in [5, 5.41) is 40.4. The van der Waals surface area contributed by atoms with Gasteiger partial charge in [-0.25, -0.2) is 0 Å². The molecule has 4 saturated carbocycles. The van der Waals surface area contributed by atoms with E-state index in [1.807, 2.05) is 0 Å². The second-order valence-corrected chi connectivity index (χ2v) is 15.9. The SMILES string of the molecule is C[C@H]1CC[C@@]2(OC1)OC1C[C@H]3[C@@H]4CC[C@@H]5C[C@@H](O[C@@H]6O[C@H](CO)[C@H](O)[C@H](O)[C@H]6O)CC[C@]5(C)[C@H]4CC[C@]3(C)[C@H]1[C@@H]2C. The molecule has 0 aromatic heterocycles. The molecule has 3 heterocycles. The minimum Gasteiger partial charge on any atom is -0.394 e. The molecule has 3 saturated heterocycles. The lowest BCUT2D eigenvalue weighted by atomic mass is 9.44. The lowest BCUT2D eigenvalue weighted by Gasteiger charge is -2.61. The van der Waals surface area contributed by atoms with Crippen molar-refractivity contribution in [3.05, 3.63) is 0 Å². The van der Waals surface area contributed by atoms with Crippen molar-refractivity contribution in [1.82, 2.24) is 0 Å². The fourth-order valence-corrected chi connectivity index (χ4v) is 11.7. The molecule has 0 radical (unpaired) electrons. The molecule has 0 aromatic rings. The highest BCUT2D eigenvalue weighted by Gasteiger charge is 2.69. The van der Waals surface area contributed by atoms with Crippen LogP contribution in [-0.4, -0.2) is 82.3 Å². The second kappa shape index (κ2) is 10.4. The van der Waals surface area contributed by atoms with E-state index in [9.17, 15) is 20.4 Å². The van der Waals surface area contributed by atoms with Crippen LogP contribution < -0.4 is 0 Å². The van der Waals surface area contributed by atoms with Crippen LogP contribution in [0.25, 0.3) is 0 Å². The topological polar surface area (TPSA) is 118 Å². The van der Waals surface area contributed by atoms with E-state index in [2.05, 4.69) is 27.7 Å². The molecular formula is C33H54O8. The van der Waals surface area contributed by atoms with Crippen molar-refractivity contribution in [3.63, 3.8) is 0 Å². The van der Waals surface area contributed by atoms with Crippen LogP contribution in [0.2, 0.25) is 0 Å². The van der Waals surface area contributed by atoms with Crippen LogP contribution in [0, 0.1) is 52.3 Å². The highest BCUT2D eigenvalue weighted by atomic mass is 16.7. The first kappa shape index (κ1) is 29.4. The van der Waals surface area contributed by atoms with Crippen LogP contribution in [0.3, 0.4) is 0 Å². The molecule has 17 atom stereocenters. The van der Waals surface area contributed by atoms with Crippen LogP contribution in [0.4, 0.5) is 0 Å². The Morgan fingerprint density at radius 2 is 1.61 bits per heavy atom. The number of fused-ring (bicyclic) bond motifs is 7. The lowest BCUT2D eigenvalue weighted by Crippen LogP contribution is -2.60. The summed E-state index contributed by atoms with van der Waals surface area (Å²) in [5.74, 6) is 4.08. The smallest absolute Gasteiger partial charge is 0.186 e. The molecular weight excluding hydrogens is 524 g/mol.